The van der Waals surface area contributed by atoms with E-state index in [-0.39, 0.29) is 11.7 Å². The van der Waals surface area contributed by atoms with Gasteiger partial charge in [0, 0.05) is 5.88 Å². The van der Waals surface area contributed by atoms with Crippen molar-refractivity contribution >= 4 is 23.2 Å². The SMILES string of the molecule is CC(C)c1cc(C(C)C)c(CCl)c(Cl)c1O. The van der Waals surface area contributed by atoms with Crippen molar-refractivity contribution in [1.29, 1.82) is 0 Å². The molecule has 1 N–H and O–H groups in total. The molecule has 1 rings (SSSR count). The first-order chi connectivity index (χ1) is 7.40. The van der Waals surface area contributed by atoms with Crippen LogP contribution < -0.4 is 0 Å². The van der Waals surface area contributed by atoms with Gasteiger partial charge in [0.2, 0.25) is 0 Å². The fourth-order valence-electron chi connectivity index (χ4n) is 1.81. The van der Waals surface area contributed by atoms with Gasteiger partial charge in [-0.15, -0.1) is 11.6 Å². The van der Waals surface area contributed by atoms with Crippen LogP contribution in [0.4, 0.5) is 0 Å². The molecule has 16 heavy (non-hydrogen) atoms. The van der Waals surface area contributed by atoms with E-state index in [1.165, 1.54) is 0 Å². The Hall–Kier alpha value is -0.400. The highest BCUT2D eigenvalue weighted by Gasteiger charge is 2.18. The molecule has 0 heterocycles. The van der Waals surface area contributed by atoms with Crippen molar-refractivity contribution in [3.63, 3.8) is 0 Å². The highest BCUT2D eigenvalue weighted by atomic mass is 35.5. The Morgan fingerprint density at radius 3 is 2.00 bits per heavy atom. The van der Waals surface area contributed by atoms with E-state index in [4.69, 9.17) is 23.2 Å². The lowest BCUT2D eigenvalue weighted by atomic mass is 9.91. The van der Waals surface area contributed by atoms with E-state index in [0.717, 1.165) is 16.7 Å². The minimum atomic E-state index is 0.178. The Kier molecular flexibility index (Phi) is 4.52. The maximum absolute atomic E-state index is 10.00. The Bertz CT molecular complexity index is 384. The van der Waals surface area contributed by atoms with Crippen LogP contribution in [-0.2, 0) is 5.88 Å². The molecular formula is C13H18Cl2O. The van der Waals surface area contributed by atoms with E-state index in [1.54, 1.807) is 0 Å². The second-order valence-electron chi connectivity index (χ2n) is 4.64. The molecule has 0 radical (unpaired) electrons. The molecule has 0 saturated heterocycles. The lowest BCUT2D eigenvalue weighted by Gasteiger charge is -2.18. The highest BCUT2D eigenvalue weighted by molar-refractivity contribution is 6.34. The number of rotatable bonds is 3. The van der Waals surface area contributed by atoms with Crippen molar-refractivity contribution in [2.24, 2.45) is 0 Å². The molecular weight excluding hydrogens is 243 g/mol. The van der Waals surface area contributed by atoms with Crippen molar-refractivity contribution in [3.05, 3.63) is 27.8 Å². The molecule has 0 fully saturated rings. The molecule has 0 aliphatic heterocycles. The van der Waals surface area contributed by atoms with Crippen LogP contribution in [0.1, 0.15) is 56.2 Å². The van der Waals surface area contributed by atoms with Gasteiger partial charge in [0.05, 0.1) is 5.02 Å². The smallest absolute Gasteiger partial charge is 0.137 e. The van der Waals surface area contributed by atoms with E-state index in [1.807, 2.05) is 19.9 Å². The average Bonchev–Trinajstić information content (AvgIpc) is 2.20. The molecule has 1 aromatic carbocycles. The quantitative estimate of drug-likeness (QED) is 0.756. The van der Waals surface area contributed by atoms with Gasteiger partial charge in [-0.05, 0) is 28.5 Å². The Balaban J connectivity index is 3.49. The molecule has 0 aliphatic rings. The Labute approximate surface area is 107 Å². The number of phenols is 1. The Morgan fingerprint density at radius 2 is 1.62 bits per heavy atom. The highest BCUT2D eigenvalue weighted by Crippen LogP contribution is 2.40. The molecule has 1 nitrogen and oxygen atoms in total. The van der Waals surface area contributed by atoms with Crippen LogP contribution in [0.15, 0.2) is 6.07 Å². The summed E-state index contributed by atoms with van der Waals surface area (Å²) in [6.07, 6.45) is 0. The second kappa shape index (κ2) is 5.29. The van der Waals surface area contributed by atoms with Gasteiger partial charge in [-0.2, -0.15) is 0 Å². The van der Waals surface area contributed by atoms with Crippen molar-refractivity contribution < 1.29 is 5.11 Å². The third-order valence-corrected chi connectivity index (χ3v) is 3.46. The Morgan fingerprint density at radius 1 is 1.12 bits per heavy atom. The van der Waals surface area contributed by atoms with Gasteiger partial charge in [0.25, 0.3) is 0 Å². The summed E-state index contributed by atoms with van der Waals surface area (Å²) in [5.74, 6) is 1.11. The largest absolute Gasteiger partial charge is 0.506 e. The summed E-state index contributed by atoms with van der Waals surface area (Å²) in [7, 11) is 0. The van der Waals surface area contributed by atoms with Gasteiger partial charge in [-0.1, -0.05) is 45.4 Å². The van der Waals surface area contributed by atoms with Crippen LogP contribution in [-0.4, -0.2) is 5.11 Å². The van der Waals surface area contributed by atoms with Crippen molar-refractivity contribution in [3.8, 4) is 5.75 Å². The summed E-state index contributed by atoms with van der Waals surface area (Å²) >= 11 is 12.0. The maximum atomic E-state index is 10.00. The summed E-state index contributed by atoms with van der Waals surface area (Å²) in [6.45, 7) is 8.28. The summed E-state index contributed by atoms with van der Waals surface area (Å²) in [4.78, 5) is 0. The molecule has 0 amide bonds. The van der Waals surface area contributed by atoms with Crippen LogP contribution in [0.5, 0.6) is 5.75 Å². The summed E-state index contributed by atoms with van der Waals surface area (Å²) in [6, 6.07) is 2.02. The van der Waals surface area contributed by atoms with Crippen molar-refractivity contribution in [2.75, 3.05) is 0 Å². The molecule has 0 spiro atoms. The number of hydrogen-bond acceptors (Lipinski definition) is 1. The van der Waals surface area contributed by atoms with Crippen LogP contribution in [0.3, 0.4) is 0 Å². The monoisotopic (exact) mass is 260 g/mol. The third-order valence-electron chi connectivity index (χ3n) is 2.78. The van der Waals surface area contributed by atoms with E-state index in [0.29, 0.717) is 16.8 Å². The average molecular weight is 261 g/mol. The summed E-state index contributed by atoms with van der Waals surface area (Å²) < 4.78 is 0. The van der Waals surface area contributed by atoms with Gasteiger partial charge in [-0.3, -0.25) is 0 Å². The molecule has 0 saturated carbocycles. The topological polar surface area (TPSA) is 20.2 Å². The van der Waals surface area contributed by atoms with Gasteiger partial charge in [0.15, 0.2) is 0 Å². The van der Waals surface area contributed by atoms with Gasteiger partial charge in [0.1, 0.15) is 5.75 Å². The van der Waals surface area contributed by atoms with Crippen LogP contribution in [0.25, 0.3) is 0 Å². The molecule has 1 aromatic rings. The second-order valence-corrected chi connectivity index (χ2v) is 5.28. The normalized spacial score (nSPS) is 11.5. The fourth-order valence-corrected chi connectivity index (χ4v) is 2.45. The minimum absolute atomic E-state index is 0.178. The number of halogens is 2. The minimum Gasteiger partial charge on any atom is -0.506 e. The van der Waals surface area contributed by atoms with Crippen LogP contribution in [0.2, 0.25) is 5.02 Å². The standard InChI is InChI=1S/C13H18Cl2O/c1-7(2)9-5-10(8(3)4)13(16)12(15)11(9)6-14/h5,7-8,16H,6H2,1-4H3. The zero-order valence-electron chi connectivity index (χ0n) is 10.1. The van der Waals surface area contributed by atoms with E-state index >= 15 is 0 Å². The number of alkyl halides is 1. The number of hydrogen-bond donors (Lipinski definition) is 1. The summed E-state index contributed by atoms with van der Waals surface area (Å²) in [5, 5.41) is 10.4. The molecule has 90 valence electrons. The van der Waals surface area contributed by atoms with Gasteiger partial charge < -0.3 is 5.11 Å². The molecule has 3 heteroatoms. The van der Waals surface area contributed by atoms with E-state index < -0.39 is 0 Å². The van der Waals surface area contributed by atoms with E-state index in [2.05, 4.69) is 13.8 Å². The molecule has 0 aliphatic carbocycles. The first-order valence-electron chi connectivity index (χ1n) is 5.50. The van der Waals surface area contributed by atoms with Crippen LogP contribution in [0, 0.1) is 0 Å². The summed E-state index contributed by atoms with van der Waals surface area (Å²) in [5.41, 5.74) is 2.87. The van der Waals surface area contributed by atoms with Crippen LogP contribution >= 0.6 is 23.2 Å². The lowest BCUT2D eigenvalue weighted by molar-refractivity contribution is 0.464. The number of phenolic OH excluding ortho intramolecular Hbond substituents is 1. The first-order valence-corrected chi connectivity index (χ1v) is 6.41. The van der Waals surface area contributed by atoms with E-state index in [9.17, 15) is 5.11 Å². The predicted octanol–water partition coefficient (Wildman–Crippen LogP) is 5.03. The first kappa shape index (κ1) is 13.7. The predicted molar refractivity (Wildman–Crippen MR) is 70.9 cm³/mol. The third kappa shape index (κ3) is 2.46. The zero-order valence-corrected chi connectivity index (χ0v) is 11.7. The number of aromatic hydroxyl groups is 1. The molecule has 0 aromatic heterocycles. The van der Waals surface area contributed by atoms with Gasteiger partial charge >= 0.3 is 0 Å². The van der Waals surface area contributed by atoms with Crippen molar-refractivity contribution in [2.45, 2.75) is 45.4 Å². The van der Waals surface area contributed by atoms with Crippen molar-refractivity contribution in [1.82, 2.24) is 0 Å². The maximum Gasteiger partial charge on any atom is 0.137 e. The molecule has 0 unspecified atom stereocenters. The fraction of sp³-hybridized carbons (Fsp3) is 0.538. The zero-order chi connectivity index (χ0) is 12.5. The lowest BCUT2D eigenvalue weighted by Crippen LogP contribution is -2.00. The number of benzene rings is 1. The van der Waals surface area contributed by atoms with Gasteiger partial charge in [-0.25, -0.2) is 0 Å². The molecule has 0 bridgehead atoms. The molecule has 0 atom stereocenters.